The van der Waals surface area contributed by atoms with Crippen LogP contribution >= 0.6 is 0 Å². The van der Waals surface area contributed by atoms with Crippen LogP contribution < -0.4 is 5.73 Å². The van der Waals surface area contributed by atoms with Crippen molar-refractivity contribution < 1.29 is 17.4 Å². The lowest BCUT2D eigenvalue weighted by molar-refractivity contribution is 0.276. The van der Waals surface area contributed by atoms with Gasteiger partial charge in [0.1, 0.15) is 11.9 Å². The highest BCUT2D eigenvalue weighted by molar-refractivity contribution is 7.85. The zero-order valence-corrected chi connectivity index (χ0v) is 8.59. The SMILES string of the molecule is CC(C)C[C@H](N)[C@H](F)CS(=O)(=O)O. The van der Waals surface area contributed by atoms with E-state index in [4.69, 9.17) is 10.3 Å². The zero-order valence-electron chi connectivity index (χ0n) is 7.77. The molecular formula is C7H16FNO3S. The van der Waals surface area contributed by atoms with Crippen LogP contribution in [0, 0.1) is 5.92 Å². The van der Waals surface area contributed by atoms with Crippen LogP contribution in [0.3, 0.4) is 0 Å². The highest BCUT2D eigenvalue weighted by atomic mass is 32.2. The fourth-order valence-corrected chi connectivity index (χ4v) is 1.67. The number of hydrogen-bond donors (Lipinski definition) is 2. The van der Waals surface area contributed by atoms with E-state index in [0.717, 1.165) is 0 Å². The fourth-order valence-electron chi connectivity index (χ4n) is 1.02. The van der Waals surface area contributed by atoms with E-state index in [0.29, 0.717) is 6.42 Å². The van der Waals surface area contributed by atoms with Crippen molar-refractivity contribution in [2.45, 2.75) is 32.5 Å². The predicted octanol–water partition coefficient (Wildman–Crippen LogP) is 0.586. The molecule has 3 N–H and O–H groups in total. The van der Waals surface area contributed by atoms with Gasteiger partial charge >= 0.3 is 0 Å². The first kappa shape index (κ1) is 12.8. The van der Waals surface area contributed by atoms with E-state index in [-0.39, 0.29) is 5.92 Å². The maximum absolute atomic E-state index is 13.0. The molecule has 0 aliphatic carbocycles. The Labute approximate surface area is 78.1 Å². The molecule has 0 unspecified atom stereocenters. The molecule has 0 rings (SSSR count). The van der Waals surface area contributed by atoms with Gasteiger partial charge in [0.25, 0.3) is 10.1 Å². The molecule has 0 aromatic rings. The molecule has 0 bridgehead atoms. The molecule has 0 saturated heterocycles. The maximum Gasteiger partial charge on any atom is 0.267 e. The number of rotatable bonds is 5. The Morgan fingerprint density at radius 1 is 1.46 bits per heavy atom. The van der Waals surface area contributed by atoms with E-state index in [9.17, 15) is 12.8 Å². The van der Waals surface area contributed by atoms with Crippen LogP contribution in [0.25, 0.3) is 0 Å². The van der Waals surface area contributed by atoms with Gasteiger partial charge in [0.2, 0.25) is 0 Å². The Balaban J connectivity index is 4.04. The fraction of sp³-hybridized carbons (Fsp3) is 1.00. The van der Waals surface area contributed by atoms with Gasteiger partial charge in [-0.1, -0.05) is 13.8 Å². The molecule has 0 aromatic heterocycles. The molecule has 80 valence electrons. The molecule has 0 amide bonds. The standard InChI is InChI=1S/C7H16FNO3S/c1-5(2)3-7(9)6(8)4-13(10,11)12/h5-7H,3-4,9H2,1-2H3,(H,10,11,12)/t6-,7+/m1/s1. The number of nitrogens with two attached hydrogens (primary N) is 1. The van der Waals surface area contributed by atoms with Gasteiger partial charge in [-0.3, -0.25) is 4.55 Å². The minimum absolute atomic E-state index is 0.203. The van der Waals surface area contributed by atoms with Gasteiger partial charge in [-0.05, 0) is 12.3 Å². The van der Waals surface area contributed by atoms with Gasteiger partial charge in [-0.15, -0.1) is 0 Å². The Kier molecular flexibility index (Phi) is 4.80. The van der Waals surface area contributed by atoms with Crippen molar-refractivity contribution in [3.63, 3.8) is 0 Å². The highest BCUT2D eigenvalue weighted by Gasteiger charge is 2.23. The molecule has 0 aliphatic rings. The van der Waals surface area contributed by atoms with Crippen LogP contribution in [0.5, 0.6) is 0 Å². The van der Waals surface area contributed by atoms with Crippen LogP contribution in [0.1, 0.15) is 20.3 Å². The van der Waals surface area contributed by atoms with Crippen LogP contribution in [0.4, 0.5) is 4.39 Å². The number of halogens is 1. The number of alkyl halides is 1. The first-order valence-corrected chi connectivity index (χ1v) is 5.68. The van der Waals surface area contributed by atoms with Gasteiger partial charge in [0.15, 0.2) is 0 Å². The quantitative estimate of drug-likeness (QED) is 0.655. The van der Waals surface area contributed by atoms with Crippen molar-refractivity contribution >= 4 is 10.1 Å². The summed E-state index contributed by atoms with van der Waals surface area (Å²) < 4.78 is 41.9. The summed E-state index contributed by atoms with van der Waals surface area (Å²) >= 11 is 0. The van der Waals surface area contributed by atoms with E-state index in [1.54, 1.807) is 0 Å². The van der Waals surface area contributed by atoms with E-state index in [1.165, 1.54) is 0 Å². The molecule has 4 nitrogen and oxygen atoms in total. The smallest absolute Gasteiger partial charge is 0.267 e. The summed E-state index contributed by atoms with van der Waals surface area (Å²) in [5.41, 5.74) is 5.37. The molecule has 0 fully saturated rings. The van der Waals surface area contributed by atoms with Crippen molar-refractivity contribution in [3.05, 3.63) is 0 Å². The third kappa shape index (κ3) is 6.92. The van der Waals surface area contributed by atoms with E-state index < -0.39 is 28.1 Å². The molecule has 0 heterocycles. The Bertz CT molecular complexity index is 240. The minimum atomic E-state index is -4.26. The monoisotopic (exact) mass is 213 g/mol. The summed E-state index contributed by atoms with van der Waals surface area (Å²) in [5, 5.41) is 0. The first-order chi connectivity index (χ1) is 5.72. The third-order valence-electron chi connectivity index (χ3n) is 1.58. The molecule has 0 aromatic carbocycles. The second-order valence-electron chi connectivity index (χ2n) is 3.56. The topological polar surface area (TPSA) is 80.4 Å². The summed E-state index contributed by atoms with van der Waals surface area (Å²) in [6, 6.07) is -0.832. The van der Waals surface area contributed by atoms with Crippen molar-refractivity contribution in [2.24, 2.45) is 11.7 Å². The van der Waals surface area contributed by atoms with Crippen molar-refractivity contribution in [1.82, 2.24) is 0 Å². The summed E-state index contributed by atoms with van der Waals surface area (Å²) in [4.78, 5) is 0. The Morgan fingerprint density at radius 3 is 2.23 bits per heavy atom. The second kappa shape index (κ2) is 4.88. The lowest BCUT2D eigenvalue weighted by Crippen LogP contribution is -2.37. The van der Waals surface area contributed by atoms with Crippen LogP contribution in [-0.2, 0) is 10.1 Å². The van der Waals surface area contributed by atoms with Crippen LogP contribution in [0.15, 0.2) is 0 Å². The third-order valence-corrected chi connectivity index (χ3v) is 2.32. The van der Waals surface area contributed by atoms with Crippen molar-refractivity contribution in [3.8, 4) is 0 Å². The van der Waals surface area contributed by atoms with Crippen molar-refractivity contribution in [2.75, 3.05) is 5.75 Å². The lowest BCUT2D eigenvalue weighted by atomic mass is 10.0. The van der Waals surface area contributed by atoms with Crippen LogP contribution in [0.2, 0.25) is 0 Å². The zero-order chi connectivity index (χ0) is 10.6. The predicted molar refractivity (Wildman–Crippen MR) is 48.7 cm³/mol. The Morgan fingerprint density at radius 2 is 1.92 bits per heavy atom. The van der Waals surface area contributed by atoms with Gasteiger partial charge < -0.3 is 5.73 Å². The average Bonchev–Trinajstić information content (AvgIpc) is 1.81. The normalized spacial score (nSPS) is 17.4. The maximum atomic E-state index is 13.0. The molecule has 13 heavy (non-hydrogen) atoms. The average molecular weight is 213 g/mol. The largest absolute Gasteiger partial charge is 0.325 e. The van der Waals surface area contributed by atoms with Crippen LogP contribution in [-0.4, -0.2) is 30.9 Å². The van der Waals surface area contributed by atoms with E-state index in [2.05, 4.69) is 0 Å². The molecular weight excluding hydrogens is 197 g/mol. The molecule has 2 atom stereocenters. The molecule has 0 spiro atoms. The van der Waals surface area contributed by atoms with Crippen molar-refractivity contribution in [1.29, 1.82) is 0 Å². The molecule has 6 heteroatoms. The summed E-state index contributed by atoms with van der Waals surface area (Å²) in [7, 11) is -4.26. The van der Waals surface area contributed by atoms with Gasteiger partial charge in [-0.25, -0.2) is 4.39 Å². The minimum Gasteiger partial charge on any atom is -0.325 e. The van der Waals surface area contributed by atoms with Gasteiger partial charge in [0.05, 0.1) is 0 Å². The first-order valence-electron chi connectivity index (χ1n) is 4.07. The van der Waals surface area contributed by atoms with E-state index >= 15 is 0 Å². The summed E-state index contributed by atoms with van der Waals surface area (Å²) in [6.45, 7) is 3.72. The van der Waals surface area contributed by atoms with E-state index in [1.807, 2.05) is 13.8 Å². The molecule has 0 aliphatic heterocycles. The number of hydrogen-bond acceptors (Lipinski definition) is 3. The second-order valence-corrected chi connectivity index (χ2v) is 5.06. The lowest BCUT2D eigenvalue weighted by Gasteiger charge is -2.17. The summed E-state index contributed by atoms with van der Waals surface area (Å²) in [6.07, 6.45) is -1.30. The summed E-state index contributed by atoms with van der Waals surface area (Å²) in [5.74, 6) is -0.712. The van der Waals surface area contributed by atoms with Gasteiger partial charge in [0, 0.05) is 6.04 Å². The highest BCUT2D eigenvalue weighted by Crippen LogP contribution is 2.10. The Hall–Kier alpha value is -0.200. The molecule has 0 radical (unpaired) electrons. The molecule has 0 saturated carbocycles. The van der Waals surface area contributed by atoms with Gasteiger partial charge in [-0.2, -0.15) is 8.42 Å².